The molecule has 18 heavy (non-hydrogen) atoms. The molecule has 0 aliphatic carbocycles. The summed E-state index contributed by atoms with van der Waals surface area (Å²) in [5, 5.41) is 12.8. The van der Waals surface area contributed by atoms with Gasteiger partial charge in [0, 0.05) is 5.75 Å². The largest absolute Gasteiger partial charge is 0.480 e. The van der Waals surface area contributed by atoms with Crippen LogP contribution in [-0.2, 0) is 4.79 Å². The van der Waals surface area contributed by atoms with Gasteiger partial charge < -0.3 is 14.8 Å². The molecule has 0 radical (unpaired) electrons. The first-order valence-electron chi connectivity index (χ1n) is 6.01. The SMILES string of the molecule is CCC(CCCSc1nc(C)co1)(NC)C(=O)O. The first-order chi connectivity index (χ1) is 8.54. The maximum atomic E-state index is 11.3. The second-order valence-corrected chi connectivity index (χ2v) is 5.24. The van der Waals surface area contributed by atoms with Crippen LogP contribution in [-0.4, -0.2) is 34.4 Å². The molecule has 0 aromatic carbocycles. The van der Waals surface area contributed by atoms with Crippen LogP contribution in [0.25, 0.3) is 0 Å². The van der Waals surface area contributed by atoms with Crippen molar-refractivity contribution in [2.75, 3.05) is 12.8 Å². The molecular weight excluding hydrogens is 252 g/mol. The van der Waals surface area contributed by atoms with E-state index in [9.17, 15) is 9.90 Å². The maximum Gasteiger partial charge on any atom is 0.323 e. The van der Waals surface area contributed by atoms with Crippen LogP contribution in [0.2, 0.25) is 0 Å². The number of likely N-dealkylation sites (N-methyl/N-ethyl adjacent to an activating group) is 1. The van der Waals surface area contributed by atoms with Gasteiger partial charge >= 0.3 is 5.97 Å². The van der Waals surface area contributed by atoms with E-state index in [1.54, 1.807) is 13.3 Å². The minimum atomic E-state index is -0.812. The summed E-state index contributed by atoms with van der Waals surface area (Å²) in [6, 6.07) is 0. The second kappa shape index (κ2) is 6.80. The average molecular weight is 272 g/mol. The Balaban J connectivity index is 2.38. The lowest BCUT2D eigenvalue weighted by atomic mass is 9.91. The van der Waals surface area contributed by atoms with E-state index in [1.165, 1.54) is 11.8 Å². The molecule has 0 saturated carbocycles. The number of nitrogens with one attached hydrogen (secondary N) is 1. The fourth-order valence-corrected chi connectivity index (χ4v) is 2.56. The number of carboxylic acid groups (broad SMARTS) is 1. The number of carbonyl (C=O) groups is 1. The molecule has 0 amide bonds. The number of carboxylic acids is 1. The van der Waals surface area contributed by atoms with E-state index in [4.69, 9.17) is 4.42 Å². The molecule has 1 rings (SSSR count). The van der Waals surface area contributed by atoms with Crippen LogP contribution >= 0.6 is 11.8 Å². The van der Waals surface area contributed by atoms with Gasteiger partial charge in [-0.3, -0.25) is 4.79 Å². The molecule has 6 heteroatoms. The summed E-state index contributed by atoms with van der Waals surface area (Å²) in [5.74, 6) is 0.0147. The number of aryl methyl sites for hydroxylation is 1. The van der Waals surface area contributed by atoms with Gasteiger partial charge in [-0.25, -0.2) is 4.98 Å². The highest BCUT2D eigenvalue weighted by atomic mass is 32.2. The summed E-state index contributed by atoms with van der Waals surface area (Å²) in [4.78, 5) is 15.4. The zero-order chi connectivity index (χ0) is 13.6. The lowest BCUT2D eigenvalue weighted by Gasteiger charge is -2.27. The van der Waals surface area contributed by atoms with Crippen molar-refractivity contribution in [2.24, 2.45) is 0 Å². The van der Waals surface area contributed by atoms with Crippen LogP contribution in [0.3, 0.4) is 0 Å². The number of hydrogen-bond acceptors (Lipinski definition) is 5. The van der Waals surface area contributed by atoms with Crippen molar-refractivity contribution in [3.63, 3.8) is 0 Å². The monoisotopic (exact) mass is 272 g/mol. The zero-order valence-electron chi connectivity index (χ0n) is 11.0. The molecular formula is C12H20N2O3S. The third-order valence-corrected chi connectivity index (χ3v) is 3.99. The van der Waals surface area contributed by atoms with Crippen LogP contribution in [0.5, 0.6) is 0 Å². The molecule has 1 atom stereocenters. The van der Waals surface area contributed by atoms with Crippen molar-refractivity contribution in [1.82, 2.24) is 10.3 Å². The van der Waals surface area contributed by atoms with E-state index >= 15 is 0 Å². The normalized spacial score (nSPS) is 14.4. The van der Waals surface area contributed by atoms with Crippen molar-refractivity contribution in [2.45, 2.75) is 43.9 Å². The van der Waals surface area contributed by atoms with E-state index in [0.29, 0.717) is 18.1 Å². The third kappa shape index (κ3) is 3.74. The van der Waals surface area contributed by atoms with Crippen LogP contribution in [0.4, 0.5) is 0 Å². The third-order valence-electron chi connectivity index (χ3n) is 3.06. The van der Waals surface area contributed by atoms with Crippen molar-refractivity contribution in [1.29, 1.82) is 0 Å². The lowest BCUT2D eigenvalue weighted by molar-refractivity contribution is -0.145. The van der Waals surface area contributed by atoms with Gasteiger partial charge in [-0.15, -0.1) is 0 Å². The number of oxazole rings is 1. The standard InChI is InChI=1S/C12H20N2O3S/c1-4-12(13-3,10(15)16)6-5-7-18-11-14-9(2)8-17-11/h8,13H,4-7H2,1-3H3,(H,15,16). The average Bonchev–Trinajstić information content (AvgIpc) is 2.75. The van der Waals surface area contributed by atoms with E-state index in [-0.39, 0.29) is 0 Å². The summed E-state index contributed by atoms with van der Waals surface area (Å²) >= 11 is 1.52. The number of thioether (sulfide) groups is 1. The van der Waals surface area contributed by atoms with E-state index in [1.807, 2.05) is 13.8 Å². The van der Waals surface area contributed by atoms with E-state index < -0.39 is 11.5 Å². The quantitative estimate of drug-likeness (QED) is 0.558. The number of aliphatic carboxylic acids is 1. The Morgan fingerprint density at radius 2 is 2.39 bits per heavy atom. The summed E-state index contributed by atoms with van der Waals surface area (Å²) in [6.07, 6.45) is 3.58. The molecule has 0 fully saturated rings. The first-order valence-corrected chi connectivity index (χ1v) is 7.00. The lowest BCUT2D eigenvalue weighted by Crippen LogP contribution is -2.49. The van der Waals surface area contributed by atoms with Crippen LogP contribution in [0, 0.1) is 6.92 Å². The zero-order valence-corrected chi connectivity index (χ0v) is 11.8. The summed E-state index contributed by atoms with van der Waals surface area (Å²) < 4.78 is 5.22. The molecule has 1 unspecified atom stereocenters. The van der Waals surface area contributed by atoms with Gasteiger partial charge in [-0.05, 0) is 33.2 Å². The van der Waals surface area contributed by atoms with Crippen molar-refractivity contribution in [3.05, 3.63) is 12.0 Å². The van der Waals surface area contributed by atoms with Crippen molar-refractivity contribution in [3.8, 4) is 0 Å². The summed E-state index contributed by atoms with van der Waals surface area (Å²) in [7, 11) is 1.70. The van der Waals surface area contributed by atoms with Crippen molar-refractivity contribution >= 4 is 17.7 Å². The minimum absolute atomic E-state index is 0.571. The van der Waals surface area contributed by atoms with Crippen LogP contribution < -0.4 is 5.32 Å². The first kappa shape index (κ1) is 15.0. The molecule has 1 heterocycles. The van der Waals surface area contributed by atoms with Gasteiger partial charge in [-0.2, -0.15) is 0 Å². The molecule has 2 N–H and O–H groups in total. The number of rotatable bonds is 8. The van der Waals surface area contributed by atoms with Gasteiger partial charge in [0.2, 0.25) is 0 Å². The Morgan fingerprint density at radius 3 is 2.83 bits per heavy atom. The fourth-order valence-electron chi connectivity index (χ4n) is 1.78. The Hall–Kier alpha value is -1.01. The second-order valence-electron chi connectivity index (χ2n) is 4.20. The molecule has 0 aliphatic rings. The van der Waals surface area contributed by atoms with Gasteiger partial charge in [0.05, 0.1) is 5.69 Å². The highest BCUT2D eigenvalue weighted by Crippen LogP contribution is 2.22. The predicted molar refractivity (Wildman–Crippen MR) is 70.9 cm³/mol. The Morgan fingerprint density at radius 1 is 1.67 bits per heavy atom. The smallest absolute Gasteiger partial charge is 0.323 e. The summed E-state index contributed by atoms with van der Waals surface area (Å²) in [6.45, 7) is 3.76. The van der Waals surface area contributed by atoms with Crippen LogP contribution in [0.15, 0.2) is 15.9 Å². The molecule has 0 aliphatic heterocycles. The highest BCUT2D eigenvalue weighted by Gasteiger charge is 2.34. The molecule has 1 aromatic rings. The number of aromatic nitrogens is 1. The summed E-state index contributed by atoms with van der Waals surface area (Å²) in [5.41, 5.74) is 0.0498. The molecule has 0 spiro atoms. The Labute approximate surface area is 111 Å². The number of hydrogen-bond donors (Lipinski definition) is 2. The van der Waals surface area contributed by atoms with Gasteiger partial charge in [0.25, 0.3) is 5.22 Å². The molecule has 0 saturated heterocycles. The van der Waals surface area contributed by atoms with Gasteiger partial charge in [0.1, 0.15) is 11.8 Å². The van der Waals surface area contributed by atoms with Crippen LogP contribution in [0.1, 0.15) is 31.9 Å². The van der Waals surface area contributed by atoms with E-state index in [2.05, 4.69) is 10.3 Å². The predicted octanol–water partition coefficient (Wildman–Crippen LogP) is 2.31. The molecule has 0 bridgehead atoms. The fraction of sp³-hybridized carbons (Fsp3) is 0.667. The Bertz CT molecular complexity index is 388. The highest BCUT2D eigenvalue weighted by molar-refractivity contribution is 7.99. The number of nitrogens with zero attached hydrogens (tertiary/aromatic N) is 1. The maximum absolute atomic E-state index is 11.3. The van der Waals surface area contributed by atoms with Gasteiger partial charge in [0.15, 0.2) is 0 Å². The Kier molecular flexibility index (Phi) is 5.68. The minimum Gasteiger partial charge on any atom is -0.480 e. The molecule has 1 aromatic heterocycles. The van der Waals surface area contributed by atoms with Crippen molar-refractivity contribution < 1.29 is 14.3 Å². The van der Waals surface area contributed by atoms with E-state index in [0.717, 1.165) is 17.9 Å². The molecule has 5 nitrogen and oxygen atoms in total. The van der Waals surface area contributed by atoms with Gasteiger partial charge in [-0.1, -0.05) is 18.7 Å². The topological polar surface area (TPSA) is 75.4 Å². The molecule has 102 valence electrons.